The zero-order valence-corrected chi connectivity index (χ0v) is 17.4. The van der Waals surface area contributed by atoms with E-state index >= 15 is 0 Å². The fourth-order valence-electron chi connectivity index (χ4n) is 3.10. The number of aromatic nitrogens is 1. The Balaban J connectivity index is 1.63. The summed E-state index contributed by atoms with van der Waals surface area (Å²) in [5, 5.41) is 3.62. The second-order valence-corrected chi connectivity index (χ2v) is 7.96. The minimum atomic E-state index is -1.01. The Morgan fingerprint density at radius 3 is 2.54 bits per heavy atom. The van der Waals surface area contributed by atoms with E-state index in [1.807, 2.05) is 12.1 Å². The van der Waals surface area contributed by atoms with Crippen LogP contribution in [0.5, 0.6) is 5.75 Å². The lowest BCUT2D eigenvalue weighted by molar-refractivity contribution is -0.134. The highest BCUT2D eigenvalue weighted by Crippen LogP contribution is 2.22. The van der Waals surface area contributed by atoms with Crippen LogP contribution >= 0.6 is 11.6 Å². The van der Waals surface area contributed by atoms with Gasteiger partial charge in [-0.3, -0.25) is 4.79 Å². The fraction of sp³-hybridized carbons (Fsp3) is 0.429. The average molecular weight is 403 g/mol. The first-order valence-electron chi connectivity index (χ1n) is 9.45. The van der Waals surface area contributed by atoms with Crippen molar-refractivity contribution >= 4 is 23.3 Å². The molecule has 1 aliphatic heterocycles. The van der Waals surface area contributed by atoms with E-state index in [4.69, 9.17) is 16.3 Å². The predicted molar refractivity (Wildman–Crippen MR) is 112 cm³/mol. The topological polar surface area (TPSA) is 57.7 Å². The van der Waals surface area contributed by atoms with Crippen LogP contribution in [-0.4, -0.2) is 54.6 Å². The number of carbonyl (C=O) groups is 1. The largest absolute Gasteiger partial charge is 0.478 e. The molecule has 7 heteroatoms. The Morgan fingerprint density at radius 1 is 1.18 bits per heavy atom. The fourth-order valence-corrected chi connectivity index (χ4v) is 3.23. The van der Waals surface area contributed by atoms with E-state index in [0.717, 1.165) is 37.6 Å². The smallest absolute Gasteiger partial charge is 0.263 e. The van der Waals surface area contributed by atoms with Gasteiger partial charge in [-0.15, -0.1) is 0 Å². The van der Waals surface area contributed by atoms with Crippen molar-refractivity contribution in [1.82, 2.24) is 15.2 Å². The van der Waals surface area contributed by atoms with Crippen LogP contribution in [0.4, 0.5) is 5.82 Å². The van der Waals surface area contributed by atoms with Gasteiger partial charge in [0.2, 0.25) is 0 Å². The summed E-state index contributed by atoms with van der Waals surface area (Å²) in [6.45, 7) is 7.78. The van der Waals surface area contributed by atoms with E-state index in [0.29, 0.717) is 17.3 Å². The average Bonchev–Trinajstić information content (AvgIpc) is 2.68. The summed E-state index contributed by atoms with van der Waals surface area (Å²) >= 11 is 5.90. The molecular formula is C21H27ClN4O2. The van der Waals surface area contributed by atoms with Crippen molar-refractivity contribution in [2.45, 2.75) is 26.0 Å². The van der Waals surface area contributed by atoms with Crippen LogP contribution in [0.15, 0.2) is 42.6 Å². The van der Waals surface area contributed by atoms with E-state index in [2.05, 4.69) is 27.1 Å². The number of ether oxygens (including phenoxy) is 1. The van der Waals surface area contributed by atoms with Crippen LogP contribution in [0, 0.1) is 0 Å². The number of hydrogen-bond acceptors (Lipinski definition) is 5. The van der Waals surface area contributed by atoms with Crippen LogP contribution in [0.2, 0.25) is 5.02 Å². The van der Waals surface area contributed by atoms with Crippen molar-refractivity contribution in [3.8, 4) is 5.75 Å². The molecule has 6 nitrogen and oxygen atoms in total. The summed E-state index contributed by atoms with van der Waals surface area (Å²) in [6.07, 6.45) is 1.80. The van der Waals surface area contributed by atoms with Gasteiger partial charge < -0.3 is 19.9 Å². The molecule has 0 atom stereocenters. The van der Waals surface area contributed by atoms with Gasteiger partial charge in [-0.1, -0.05) is 17.7 Å². The summed E-state index contributed by atoms with van der Waals surface area (Å²) in [7, 11) is 2.12. The number of nitrogens with one attached hydrogen (secondary N) is 1. The molecule has 0 unspecified atom stereocenters. The number of rotatable bonds is 6. The van der Waals surface area contributed by atoms with Crippen LogP contribution in [0.3, 0.4) is 0 Å². The maximum atomic E-state index is 12.7. The molecule has 0 radical (unpaired) electrons. The monoisotopic (exact) mass is 402 g/mol. The van der Waals surface area contributed by atoms with Crippen molar-refractivity contribution in [2.75, 3.05) is 38.1 Å². The predicted octanol–water partition coefficient (Wildman–Crippen LogP) is 2.96. The molecule has 150 valence electrons. The molecule has 2 aromatic rings. The highest BCUT2D eigenvalue weighted by molar-refractivity contribution is 6.30. The summed E-state index contributed by atoms with van der Waals surface area (Å²) in [5.74, 6) is 1.35. The molecule has 28 heavy (non-hydrogen) atoms. The molecule has 0 aliphatic carbocycles. The van der Waals surface area contributed by atoms with Gasteiger partial charge in [0.15, 0.2) is 5.60 Å². The maximum absolute atomic E-state index is 12.7. The molecule has 1 fully saturated rings. The first-order valence-corrected chi connectivity index (χ1v) is 9.83. The molecular weight excluding hydrogens is 376 g/mol. The lowest BCUT2D eigenvalue weighted by Gasteiger charge is -2.34. The number of nitrogens with zero attached hydrogens (tertiary/aromatic N) is 3. The van der Waals surface area contributed by atoms with Crippen molar-refractivity contribution in [3.05, 3.63) is 53.2 Å². The van der Waals surface area contributed by atoms with Gasteiger partial charge in [0.25, 0.3) is 5.91 Å². The molecule has 2 heterocycles. The highest BCUT2D eigenvalue weighted by Gasteiger charge is 2.30. The number of likely N-dealkylation sites (N-methyl/N-ethyl adjacent to an activating group) is 1. The number of anilines is 1. The second-order valence-electron chi connectivity index (χ2n) is 7.53. The van der Waals surface area contributed by atoms with Crippen molar-refractivity contribution in [1.29, 1.82) is 0 Å². The van der Waals surface area contributed by atoms with E-state index in [9.17, 15) is 4.79 Å². The molecule has 3 rings (SSSR count). The Bertz CT molecular complexity index is 802. The zero-order chi connectivity index (χ0) is 20.1. The van der Waals surface area contributed by atoms with Crippen molar-refractivity contribution in [3.63, 3.8) is 0 Å². The maximum Gasteiger partial charge on any atom is 0.263 e. The summed E-state index contributed by atoms with van der Waals surface area (Å²) < 4.78 is 5.86. The van der Waals surface area contributed by atoms with Crippen LogP contribution < -0.4 is 15.0 Å². The number of halogens is 1. The van der Waals surface area contributed by atoms with Gasteiger partial charge in [0.1, 0.15) is 11.6 Å². The molecule has 0 spiro atoms. The molecule has 0 bridgehead atoms. The summed E-state index contributed by atoms with van der Waals surface area (Å²) in [6, 6.07) is 10.9. The Kier molecular flexibility index (Phi) is 6.42. The van der Waals surface area contributed by atoms with E-state index in [1.54, 1.807) is 44.3 Å². The van der Waals surface area contributed by atoms with Gasteiger partial charge in [-0.05, 0) is 51.2 Å². The minimum absolute atomic E-state index is 0.185. The third-order valence-electron chi connectivity index (χ3n) is 4.84. The van der Waals surface area contributed by atoms with Gasteiger partial charge in [-0.25, -0.2) is 4.98 Å². The minimum Gasteiger partial charge on any atom is -0.478 e. The number of carbonyl (C=O) groups excluding carboxylic acids is 1. The molecule has 1 aliphatic rings. The van der Waals surface area contributed by atoms with Crippen LogP contribution in [-0.2, 0) is 11.3 Å². The Morgan fingerprint density at radius 2 is 1.86 bits per heavy atom. The Labute approximate surface area is 171 Å². The zero-order valence-electron chi connectivity index (χ0n) is 16.6. The quantitative estimate of drug-likeness (QED) is 0.805. The van der Waals surface area contributed by atoms with E-state index in [-0.39, 0.29) is 5.91 Å². The third kappa shape index (κ3) is 5.14. The normalized spacial score (nSPS) is 15.4. The lowest BCUT2D eigenvalue weighted by atomic mass is 10.1. The standard InChI is InChI=1S/C21H27ClN4O2/c1-21(2,28-18-8-6-17(22)7-9-18)20(27)24-15-16-5-4-10-23-19(16)26-13-11-25(3)12-14-26/h4-10H,11-15H2,1-3H3,(H,24,27). The molecule has 1 aromatic heterocycles. The van der Waals surface area contributed by atoms with Gasteiger partial charge in [0, 0.05) is 49.5 Å². The van der Waals surface area contributed by atoms with Crippen LogP contribution in [0.25, 0.3) is 0 Å². The molecule has 1 amide bonds. The first kappa shape index (κ1) is 20.4. The number of hydrogen-bond donors (Lipinski definition) is 1. The molecule has 0 saturated carbocycles. The number of piperazine rings is 1. The highest BCUT2D eigenvalue weighted by atomic mass is 35.5. The Hall–Kier alpha value is -2.31. The van der Waals surface area contributed by atoms with Gasteiger partial charge >= 0.3 is 0 Å². The number of pyridine rings is 1. The second kappa shape index (κ2) is 8.80. The number of benzene rings is 1. The third-order valence-corrected chi connectivity index (χ3v) is 5.10. The van der Waals surface area contributed by atoms with Gasteiger partial charge in [-0.2, -0.15) is 0 Å². The summed E-state index contributed by atoms with van der Waals surface area (Å²) in [4.78, 5) is 21.9. The van der Waals surface area contributed by atoms with Crippen molar-refractivity contribution < 1.29 is 9.53 Å². The molecule has 1 aromatic carbocycles. The van der Waals surface area contributed by atoms with Crippen molar-refractivity contribution in [2.24, 2.45) is 0 Å². The molecule has 1 saturated heterocycles. The van der Waals surface area contributed by atoms with E-state index < -0.39 is 5.60 Å². The lowest BCUT2D eigenvalue weighted by Crippen LogP contribution is -2.47. The molecule has 1 N–H and O–H groups in total. The number of amides is 1. The SMILES string of the molecule is CN1CCN(c2ncccc2CNC(=O)C(C)(C)Oc2ccc(Cl)cc2)CC1. The van der Waals surface area contributed by atoms with Crippen LogP contribution in [0.1, 0.15) is 19.4 Å². The van der Waals surface area contributed by atoms with Gasteiger partial charge in [0.05, 0.1) is 0 Å². The summed E-state index contributed by atoms with van der Waals surface area (Å²) in [5.41, 5.74) is -0.00739. The van der Waals surface area contributed by atoms with E-state index in [1.165, 1.54) is 0 Å². The first-order chi connectivity index (χ1) is 13.3.